The predicted molar refractivity (Wildman–Crippen MR) is 117 cm³/mol. The molecule has 2 saturated heterocycles. The summed E-state index contributed by atoms with van der Waals surface area (Å²) in [5.74, 6) is -2.54. The number of aliphatic hydroxyl groups is 2. The smallest absolute Gasteiger partial charge is 0.250 e. The predicted octanol–water partition coefficient (Wildman–Crippen LogP) is -0.776. The molecule has 0 spiro atoms. The zero-order chi connectivity index (χ0) is 22.9. The van der Waals surface area contributed by atoms with Crippen molar-refractivity contribution in [1.29, 1.82) is 0 Å². The number of amides is 1. The first-order valence-electron chi connectivity index (χ1n) is 10.7. The molecule has 5 heterocycles. The average Bonchev–Trinajstić information content (AvgIpc) is 3.47. The highest BCUT2D eigenvalue weighted by atomic mass is 32.2. The number of nitrogens with zero attached hydrogens (tertiary/aromatic N) is 3. The molecule has 6 atom stereocenters. The summed E-state index contributed by atoms with van der Waals surface area (Å²) in [6.07, 6.45) is 5.96. The third-order valence-electron chi connectivity index (χ3n) is 7.00. The number of fused-ring (bicyclic) bond motifs is 2. The van der Waals surface area contributed by atoms with Crippen LogP contribution in [-0.4, -0.2) is 69.0 Å². The SMILES string of the molecule is CSc1c2sc(C3=C(C(=O)[O-])N4C(=O)[C@H]([C@@H](C)O)[C@H]4[C@H]3C)cn2c[n+]1[C@@H]1CN[C@H](CO)C1. The molecule has 0 aliphatic carbocycles. The molecule has 0 unspecified atom stereocenters. The van der Waals surface area contributed by atoms with Gasteiger partial charge in [-0.05, 0) is 13.2 Å². The summed E-state index contributed by atoms with van der Waals surface area (Å²) < 4.78 is 4.23. The number of thioether (sulfide) groups is 1. The molecule has 0 radical (unpaired) electrons. The topological polar surface area (TPSA) is 121 Å². The lowest BCUT2D eigenvalue weighted by Crippen LogP contribution is -2.64. The molecular formula is C21H26N4O5S2. The summed E-state index contributed by atoms with van der Waals surface area (Å²) in [5.41, 5.74) is 0.528. The Hall–Kier alpha value is -1.92. The van der Waals surface area contributed by atoms with E-state index in [0.29, 0.717) is 5.57 Å². The van der Waals surface area contributed by atoms with Gasteiger partial charge in [-0.2, -0.15) is 4.40 Å². The van der Waals surface area contributed by atoms with E-state index in [1.54, 1.807) is 18.7 Å². The summed E-state index contributed by atoms with van der Waals surface area (Å²) >= 11 is 3.13. The molecule has 172 valence electrons. The van der Waals surface area contributed by atoms with Crippen molar-refractivity contribution in [3.63, 3.8) is 0 Å². The lowest BCUT2D eigenvalue weighted by molar-refractivity contribution is -0.750. The molecule has 32 heavy (non-hydrogen) atoms. The zero-order valence-electron chi connectivity index (χ0n) is 18.0. The number of nitrogens with one attached hydrogen (secondary N) is 1. The van der Waals surface area contributed by atoms with E-state index in [4.69, 9.17) is 0 Å². The number of imidazole rings is 1. The molecule has 3 aliphatic rings. The van der Waals surface area contributed by atoms with Crippen LogP contribution in [-0.2, 0) is 9.59 Å². The second kappa shape index (κ2) is 7.84. The Balaban J connectivity index is 1.56. The Morgan fingerprint density at radius 2 is 2.25 bits per heavy atom. The molecule has 11 heteroatoms. The first kappa shape index (κ1) is 21.9. The zero-order valence-corrected chi connectivity index (χ0v) is 19.7. The van der Waals surface area contributed by atoms with Crippen LogP contribution in [0.2, 0.25) is 0 Å². The van der Waals surface area contributed by atoms with Crippen LogP contribution in [0.25, 0.3) is 10.4 Å². The number of aliphatic carboxylic acids is 1. The summed E-state index contributed by atoms with van der Waals surface area (Å²) in [6, 6.07) is -0.0357. The van der Waals surface area contributed by atoms with E-state index in [2.05, 4.69) is 9.88 Å². The highest BCUT2D eigenvalue weighted by molar-refractivity contribution is 7.98. The molecule has 0 saturated carbocycles. The third-order valence-corrected chi connectivity index (χ3v) is 9.06. The van der Waals surface area contributed by atoms with Crippen LogP contribution < -0.4 is 15.0 Å². The molecule has 1 amide bonds. The fourth-order valence-electron chi connectivity index (χ4n) is 5.51. The number of carbonyl (C=O) groups excluding carboxylic acids is 2. The molecule has 2 aromatic rings. The largest absolute Gasteiger partial charge is 0.543 e. The van der Waals surface area contributed by atoms with Gasteiger partial charge in [0.05, 0.1) is 41.2 Å². The molecule has 0 bridgehead atoms. The van der Waals surface area contributed by atoms with E-state index < -0.39 is 18.0 Å². The second-order valence-electron chi connectivity index (χ2n) is 8.82. The quantitative estimate of drug-likeness (QED) is 0.283. The van der Waals surface area contributed by atoms with Crippen LogP contribution in [0, 0.1) is 11.8 Å². The maximum atomic E-state index is 12.6. The van der Waals surface area contributed by atoms with Crippen molar-refractivity contribution in [1.82, 2.24) is 14.6 Å². The minimum absolute atomic E-state index is 0.0711. The van der Waals surface area contributed by atoms with Crippen molar-refractivity contribution in [2.45, 2.75) is 49.5 Å². The maximum absolute atomic E-state index is 12.6. The van der Waals surface area contributed by atoms with Crippen molar-refractivity contribution in [2.75, 3.05) is 19.4 Å². The van der Waals surface area contributed by atoms with Crippen molar-refractivity contribution < 1.29 is 29.5 Å². The van der Waals surface area contributed by atoms with Gasteiger partial charge in [0.1, 0.15) is 12.2 Å². The number of rotatable bonds is 6. The van der Waals surface area contributed by atoms with Gasteiger partial charge in [0, 0.05) is 30.5 Å². The molecule has 0 aromatic carbocycles. The molecule has 3 N–H and O–H groups in total. The van der Waals surface area contributed by atoms with Crippen molar-refractivity contribution in [3.05, 3.63) is 23.1 Å². The van der Waals surface area contributed by atoms with Gasteiger partial charge in [0.15, 0.2) is 0 Å². The number of thiazole rings is 1. The van der Waals surface area contributed by atoms with Gasteiger partial charge >= 0.3 is 0 Å². The minimum atomic E-state index is -1.36. The van der Waals surface area contributed by atoms with Crippen molar-refractivity contribution in [3.8, 4) is 0 Å². The van der Waals surface area contributed by atoms with Gasteiger partial charge in [0.25, 0.3) is 6.33 Å². The maximum Gasteiger partial charge on any atom is 0.250 e. The van der Waals surface area contributed by atoms with E-state index in [1.165, 1.54) is 16.2 Å². The number of aromatic nitrogens is 2. The Morgan fingerprint density at radius 1 is 1.50 bits per heavy atom. The monoisotopic (exact) mass is 478 g/mol. The van der Waals surface area contributed by atoms with Gasteiger partial charge < -0.3 is 30.3 Å². The Morgan fingerprint density at radius 3 is 2.84 bits per heavy atom. The molecule has 5 rings (SSSR count). The summed E-state index contributed by atoms with van der Waals surface area (Å²) in [7, 11) is 0. The Labute approximate surface area is 193 Å². The fraction of sp³-hybridized carbons (Fsp3) is 0.571. The number of hydrogen-bond donors (Lipinski definition) is 3. The number of carbonyl (C=O) groups is 2. The van der Waals surface area contributed by atoms with Crippen LogP contribution in [0.15, 0.2) is 23.2 Å². The highest BCUT2D eigenvalue weighted by Gasteiger charge is 2.59. The van der Waals surface area contributed by atoms with Crippen LogP contribution in [0.4, 0.5) is 0 Å². The van der Waals surface area contributed by atoms with E-state index in [1.807, 2.05) is 30.1 Å². The fourth-order valence-corrected chi connectivity index (χ4v) is 7.74. The Kier molecular flexibility index (Phi) is 5.37. The summed E-state index contributed by atoms with van der Waals surface area (Å²) in [6.45, 7) is 4.38. The highest BCUT2D eigenvalue weighted by Crippen LogP contribution is 2.51. The van der Waals surface area contributed by atoms with Gasteiger partial charge in [-0.1, -0.05) is 30.0 Å². The summed E-state index contributed by atoms with van der Waals surface area (Å²) in [5, 5.41) is 36.0. The van der Waals surface area contributed by atoms with Crippen LogP contribution in [0.1, 0.15) is 31.2 Å². The number of hydrogen-bond acceptors (Lipinski definition) is 8. The number of carboxylic acid groups (broad SMARTS) is 1. The second-order valence-corrected chi connectivity index (χ2v) is 10.6. The van der Waals surface area contributed by atoms with E-state index in [-0.39, 0.29) is 42.3 Å². The van der Waals surface area contributed by atoms with E-state index >= 15 is 0 Å². The van der Waals surface area contributed by atoms with Gasteiger partial charge in [-0.3, -0.25) is 4.79 Å². The van der Waals surface area contributed by atoms with Crippen LogP contribution in [0.3, 0.4) is 0 Å². The van der Waals surface area contributed by atoms with Crippen LogP contribution >= 0.6 is 23.1 Å². The Bertz CT molecular complexity index is 1140. The van der Waals surface area contributed by atoms with E-state index in [9.17, 15) is 24.9 Å². The average molecular weight is 479 g/mol. The minimum Gasteiger partial charge on any atom is -0.543 e. The number of carboxylic acids is 1. The lowest BCUT2D eigenvalue weighted by atomic mass is 9.77. The van der Waals surface area contributed by atoms with E-state index in [0.717, 1.165) is 27.7 Å². The molecule has 3 aliphatic heterocycles. The third kappa shape index (κ3) is 2.98. The standard InChI is InChI=1S/C21H26N4O5S2/c1-9-14(17(21(29)30)25-16(9)15(10(2)27)18(25)28)13-6-23-8-24(20(31-3)19(23)32-13)12-4-11(7-26)22-5-12/h6,8-12,15-16,22,26-27H,4-5,7H2,1-3H3/t9-,10+,11-,12-,15+,16+/m0/s1. The lowest BCUT2D eigenvalue weighted by Gasteiger charge is -2.47. The number of β-lactam (4-membered cyclic amide) rings is 1. The summed E-state index contributed by atoms with van der Waals surface area (Å²) in [4.78, 5) is 27.7. The number of aliphatic hydroxyl groups excluding tert-OH is 2. The van der Waals surface area contributed by atoms with Crippen molar-refractivity contribution >= 4 is 45.4 Å². The van der Waals surface area contributed by atoms with Crippen LogP contribution in [0.5, 0.6) is 0 Å². The normalized spacial score (nSPS) is 30.8. The van der Waals surface area contributed by atoms with Crippen molar-refractivity contribution in [2.24, 2.45) is 11.8 Å². The first-order valence-corrected chi connectivity index (χ1v) is 12.7. The van der Waals surface area contributed by atoms with Gasteiger partial charge in [-0.25, -0.2) is 4.57 Å². The molecule has 9 nitrogen and oxygen atoms in total. The first-order chi connectivity index (χ1) is 15.3. The van der Waals surface area contributed by atoms with Gasteiger partial charge in [-0.15, -0.1) is 0 Å². The molecule has 2 fully saturated rings. The molecule has 2 aromatic heterocycles. The molecular weight excluding hydrogens is 452 g/mol. The van der Waals surface area contributed by atoms with Gasteiger partial charge in [0.2, 0.25) is 15.8 Å².